The van der Waals surface area contributed by atoms with Gasteiger partial charge in [0.1, 0.15) is 0 Å². The Morgan fingerprint density at radius 3 is 2.25 bits per heavy atom. The fourth-order valence-electron chi connectivity index (χ4n) is 1.10. The Morgan fingerprint density at radius 2 is 1.75 bits per heavy atom. The quantitative estimate of drug-likeness (QED) is 0.189. The smallest absolute Gasteiger partial charge is 1.00 e. The van der Waals surface area contributed by atoms with Gasteiger partial charge in [-0.15, -0.1) is 0 Å². The summed E-state index contributed by atoms with van der Waals surface area (Å²) >= 11 is 0. The summed E-state index contributed by atoms with van der Waals surface area (Å²) < 4.78 is 25.7. The van der Waals surface area contributed by atoms with Crippen LogP contribution in [0.5, 0.6) is 0 Å². The van der Waals surface area contributed by atoms with Crippen molar-refractivity contribution in [1.82, 2.24) is 0 Å². The first-order valence-electron chi connectivity index (χ1n) is 6.33. The van der Waals surface area contributed by atoms with E-state index in [-0.39, 0.29) is 50.8 Å². The zero-order valence-electron chi connectivity index (χ0n) is 13.6. The standard InChI is InChI=1S/C12H23O6P.Na.H/c1-4-5-6-9-17-19(14,15)18-10-7-8-16-12(13)11(2)3;;/h2,4-10H2,1,3H3,(H,14,15);;/q;+1;-1. The van der Waals surface area contributed by atoms with Gasteiger partial charge in [-0.1, -0.05) is 26.3 Å². The maximum Gasteiger partial charge on any atom is 1.00 e. The summed E-state index contributed by atoms with van der Waals surface area (Å²) in [4.78, 5) is 20.3. The van der Waals surface area contributed by atoms with Gasteiger partial charge in [-0.25, -0.2) is 9.36 Å². The predicted octanol–water partition coefficient (Wildman–Crippen LogP) is -0.0639. The Labute approximate surface area is 144 Å². The van der Waals surface area contributed by atoms with Gasteiger partial charge in [-0.3, -0.25) is 9.05 Å². The minimum Gasteiger partial charge on any atom is -1.00 e. The van der Waals surface area contributed by atoms with E-state index in [1.165, 1.54) is 0 Å². The van der Waals surface area contributed by atoms with Crippen molar-refractivity contribution in [2.75, 3.05) is 19.8 Å². The fraction of sp³-hybridized carbons (Fsp3) is 0.750. The van der Waals surface area contributed by atoms with E-state index in [1.807, 2.05) is 6.92 Å². The van der Waals surface area contributed by atoms with Crippen molar-refractivity contribution in [1.29, 1.82) is 0 Å². The van der Waals surface area contributed by atoms with Gasteiger partial charge in [0.05, 0.1) is 19.8 Å². The van der Waals surface area contributed by atoms with Gasteiger partial charge in [0.15, 0.2) is 0 Å². The fourth-order valence-corrected chi connectivity index (χ4v) is 1.89. The molecule has 20 heavy (non-hydrogen) atoms. The number of rotatable bonds is 11. The van der Waals surface area contributed by atoms with Gasteiger partial charge in [-0.2, -0.15) is 0 Å². The van der Waals surface area contributed by atoms with E-state index in [1.54, 1.807) is 6.92 Å². The van der Waals surface area contributed by atoms with Crippen LogP contribution in [0.1, 0.15) is 41.0 Å². The molecule has 0 aromatic heterocycles. The van der Waals surface area contributed by atoms with Gasteiger partial charge in [0.2, 0.25) is 0 Å². The average molecular weight is 318 g/mol. The monoisotopic (exact) mass is 318 g/mol. The molecule has 0 radical (unpaired) electrons. The minimum absolute atomic E-state index is 0. The van der Waals surface area contributed by atoms with Crippen molar-refractivity contribution in [3.63, 3.8) is 0 Å². The number of hydrogen-bond donors (Lipinski definition) is 1. The average Bonchev–Trinajstić information content (AvgIpc) is 2.33. The Bertz CT molecular complexity index is 340. The number of carbonyl (C=O) groups is 1. The second-order valence-corrected chi connectivity index (χ2v) is 5.57. The molecule has 6 nitrogen and oxygen atoms in total. The number of unbranched alkanes of at least 4 members (excludes halogenated alkanes) is 2. The second kappa shape index (κ2) is 13.0. The van der Waals surface area contributed by atoms with Crippen LogP contribution < -0.4 is 29.6 Å². The van der Waals surface area contributed by atoms with Gasteiger partial charge in [0, 0.05) is 12.0 Å². The molecule has 0 aliphatic rings. The number of phosphoric ester groups is 1. The molecule has 0 aromatic carbocycles. The van der Waals surface area contributed by atoms with Crippen LogP contribution in [0, 0.1) is 0 Å². The first-order valence-corrected chi connectivity index (χ1v) is 7.83. The number of phosphoric acid groups is 1. The predicted molar refractivity (Wildman–Crippen MR) is 72.8 cm³/mol. The molecular formula is C12H24NaO6P. The molecular weight excluding hydrogens is 294 g/mol. The zero-order chi connectivity index (χ0) is 14.7. The number of esters is 1. The summed E-state index contributed by atoms with van der Waals surface area (Å²) in [5, 5.41) is 0. The SMILES string of the molecule is C=C(C)C(=O)OCCCOP(=O)(O)OCCCCC.[H-].[Na+]. The summed E-state index contributed by atoms with van der Waals surface area (Å²) in [7, 11) is -3.97. The largest absolute Gasteiger partial charge is 1.00 e. The van der Waals surface area contributed by atoms with Crippen molar-refractivity contribution in [3.8, 4) is 0 Å². The minimum atomic E-state index is -3.97. The first kappa shape index (κ1) is 22.6. The molecule has 0 heterocycles. The number of ether oxygens (including phenoxy) is 1. The first-order chi connectivity index (χ1) is 8.89. The van der Waals surface area contributed by atoms with Crippen LogP contribution in [0.3, 0.4) is 0 Å². The second-order valence-electron chi connectivity index (χ2n) is 4.11. The van der Waals surface area contributed by atoms with Crippen molar-refractivity contribution < 1.29 is 59.0 Å². The third-order valence-electron chi connectivity index (χ3n) is 2.13. The molecule has 114 valence electrons. The maximum absolute atomic E-state index is 11.4. The summed E-state index contributed by atoms with van der Waals surface area (Å²) in [5.74, 6) is -0.483. The van der Waals surface area contributed by atoms with Crippen LogP contribution >= 0.6 is 7.82 Å². The van der Waals surface area contributed by atoms with Crippen LogP contribution in [0.2, 0.25) is 0 Å². The van der Waals surface area contributed by atoms with E-state index in [4.69, 9.17) is 13.8 Å². The van der Waals surface area contributed by atoms with Gasteiger partial charge >= 0.3 is 43.3 Å². The Morgan fingerprint density at radius 1 is 1.20 bits per heavy atom. The topological polar surface area (TPSA) is 82.1 Å². The Hall–Kier alpha value is 0.320. The van der Waals surface area contributed by atoms with Crippen molar-refractivity contribution >= 4 is 13.8 Å². The maximum atomic E-state index is 11.4. The van der Waals surface area contributed by atoms with Crippen LogP contribution in [0.15, 0.2) is 12.2 Å². The summed E-state index contributed by atoms with van der Waals surface area (Å²) in [5.41, 5.74) is 0.313. The Kier molecular flexibility index (Phi) is 14.7. The molecule has 8 heteroatoms. The van der Waals surface area contributed by atoms with Gasteiger partial charge in [-0.05, 0) is 13.3 Å². The molecule has 1 atom stereocenters. The molecule has 0 bridgehead atoms. The molecule has 0 fully saturated rings. The molecule has 0 aromatic rings. The third kappa shape index (κ3) is 13.3. The summed E-state index contributed by atoms with van der Waals surface area (Å²) in [6, 6.07) is 0. The zero-order valence-corrected chi connectivity index (χ0v) is 15.5. The van der Waals surface area contributed by atoms with Gasteiger partial charge < -0.3 is 11.1 Å². The van der Waals surface area contributed by atoms with Crippen molar-refractivity contribution in [2.24, 2.45) is 0 Å². The van der Waals surface area contributed by atoms with E-state index in [0.29, 0.717) is 12.0 Å². The van der Waals surface area contributed by atoms with Crippen molar-refractivity contribution in [2.45, 2.75) is 39.5 Å². The molecule has 1 unspecified atom stereocenters. The number of hydrogen-bond acceptors (Lipinski definition) is 5. The van der Waals surface area contributed by atoms with E-state index < -0.39 is 13.8 Å². The normalized spacial score (nSPS) is 13.2. The van der Waals surface area contributed by atoms with Crippen LogP contribution in [0.25, 0.3) is 0 Å². The molecule has 0 aliphatic heterocycles. The van der Waals surface area contributed by atoms with Crippen LogP contribution in [-0.2, 0) is 23.1 Å². The van der Waals surface area contributed by atoms with E-state index >= 15 is 0 Å². The molecule has 0 saturated heterocycles. The summed E-state index contributed by atoms with van der Waals surface area (Å²) in [6.07, 6.45) is 2.99. The third-order valence-corrected chi connectivity index (χ3v) is 3.14. The van der Waals surface area contributed by atoms with Crippen LogP contribution in [-0.4, -0.2) is 30.7 Å². The Balaban J connectivity index is -0.00000162. The van der Waals surface area contributed by atoms with E-state index in [2.05, 4.69) is 6.58 Å². The van der Waals surface area contributed by atoms with E-state index in [0.717, 1.165) is 19.3 Å². The van der Waals surface area contributed by atoms with E-state index in [9.17, 15) is 14.3 Å². The van der Waals surface area contributed by atoms with Crippen LogP contribution in [0.4, 0.5) is 0 Å². The molecule has 0 rings (SSSR count). The summed E-state index contributed by atoms with van der Waals surface area (Å²) in [6.45, 7) is 7.31. The molecule has 0 spiro atoms. The molecule has 0 aliphatic carbocycles. The van der Waals surface area contributed by atoms with Crippen molar-refractivity contribution in [3.05, 3.63) is 12.2 Å². The molecule has 1 N–H and O–H groups in total. The molecule has 0 amide bonds. The number of carbonyl (C=O) groups excluding carboxylic acids is 1. The molecule has 0 saturated carbocycles. The van der Waals surface area contributed by atoms with Gasteiger partial charge in [0.25, 0.3) is 0 Å².